The first-order valence-electron chi connectivity index (χ1n) is 3.10. The van der Waals surface area contributed by atoms with Gasteiger partial charge < -0.3 is 5.73 Å². The number of rotatable bonds is 2. The minimum atomic E-state index is 0.613. The van der Waals surface area contributed by atoms with Crippen molar-refractivity contribution < 1.29 is 0 Å². The van der Waals surface area contributed by atoms with Gasteiger partial charge in [-0.05, 0) is 18.6 Å². The Morgan fingerprint density at radius 3 is 2.90 bits per heavy atom. The van der Waals surface area contributed by atoms with Gasteiger partial charge in [-0.1, -0.05) is 28.7 Å². The molecule has 0 saturated heterocycles. The minimum absolute atomic E-state index is 0.613. The minimum Gasteiger partial charge on any atom is -0.384 e. The summed E-state index contributed by atoms with van der Waals surface area (Å²) in [5.74, 6) is 0.613. The Morgan fingerprint density at radius 2 is 2.30 bits per heavy atom. The molecule has 0 saturated carbocycles. The highest BCUT2D eigenvalue weighted by Gasteiger charge is 1.91. The van der Waals surface area contributed by atoms with Crippen molar-refractivity contribution >= 4 is 28.4 Å². The van der Waals surface area contributed by atoms with Crippen LogP contribution in [0.25, 0.3) is 0 Å². The number of aromatic nitrogens is 1. The number of aryl methyl sites for hydroxylation is 1. The largest absolute Gasteiger partial charge is 0.384 e. The van der Waals surface area contributed by atoms with Crippen LogP contribution in [-0.2, 0) is 6.42 Å². The van der Waals surface area contributed by atoms with Crippen molar-refractivity contribution in [3.05, 3.63) is 23.9 Å². The van der Waals surface area contributed by atoms with Gasteiger partial charge in [0.25, 0.3) is 0 Å². The fourth-order valence-electron chi connectivity index (χ4n) is 0.734. The molecule has 3 heteroatoms. The molecule has 0 bridgehead atoms. The van der Waals surface area contributed by atoms with Crippen LogP contribution < -0.4 is 5.73 Å². The van der Waals surface area contributed by atoms with Crippen LogP contribution in [0.2, 0.25) is 0 Å². The van der Waals surface area contributed by atoms with E-state index in [1.807, 2.05) is 12.1 Å². The number of pyridine rings is 1. The summed E-state index contributed by atoms with van der Waals surface area (Å²) in [6.45, 7) is 0. The van der Waals surface area contributed by atoms with Crippen molar-refractivity contribution in [2.45, 2.75) is 6.42 Å². The normalized spacial score (nSPS) is 9.70. The molecule has 54 valence electrons. The molecule has 0 amide bonds. The predicted molar refractivity (Wildman–Crippen MR) is 51.2 cm³/mol. The molecule has 0 unspecified atom stereocenters. The van der Waals surface area contributed by atoms with Crippen LogP contribution in [0.5, 0.6) is 0 Å². The Hall–Kier alpha value is -0.320. The van der Waals surface area contributed by atoms with Gasteiger partial charge in [0.15, 0.2) is 0 Å². The lowest BCUT2D eigenvalue weighted by molar-refractivity contribution is 1.07. The Kier molecular flexibility index (Phi) is 2.92. The first kappa shape index (κ1) is 7.78. The van der Waals surface area contributed by atoms with Gasteiger partial charge in [-0.15, -0.1) is 0 Å². The highest BCUT2D eigenvalue weighted by Crippen LogP contribution is 2.02. The quantitative estimate of drug-likeness (QED) is 0.638. The van der Waals surface area contributed by atoms with E-state index in [1.165, 1.54) is 0 Å². The van der Waals surface area contributed by atoms with E-state index in [-0.39, 0.29) is 0 Å². The summed E-state index contributed by atoms with van der Waals surface area (Å²) >= 11 is 2.32. The Balaban J connectivity index is 2.75. The third-order valence-corrected chi connectivity index (χ3v) is 1.72. The van der Waals surface area contributed by atoms with Crippen molar-refractivity contribution in [3.8, 4) is 0 Å². The lowest BCUT2D eigenvalue weighted by atomic mass is 10.3. The molecule has 0 aliphatic rings. The molecule has 1 heterocycles. The monoisotopic (exact) mass is 248 g/mol. The van der Waals surface area contributed by atoms with Crippen LogP contribution in [-0.4, -0.2) is 9.41 Å². The van der Waals surface area contributed by atoms with Crippen molar-refractivity contribution in [1.29, 1.82) is 0 Å². The number of hydrogen-bond donors (Lipinski definition) is 1. The summed E-state index contributed by atoms with van der Waals surface area (Å²) in [5.41, 5.74) is 6.55. The van der Waals surface area contributed by atoms with Crippen molar-refractivity contribution in [1.82, 2.24) is 4.98 Å². The van der Waals surface area contributed by atoms with Crippen LogP contribution in [0.3, 0.4) is 0 Å². The SMILES string of the molecule is Nc1cccc(CCI)n1. The van der Waals surface area contributed by atoms with Gasteiger partial charge in [0, 0.05) is 10.1 Å². The molecular formula is C7H9IN2. The molecule has 2 nitrogen and oxygen atoms in total. The molecular weight excluding hydrogens is 239 g/mol. The van der Waals surface area contributed by atoms with E-state index in [0.29, 0.717) is 5.82 Å². The van der Waals surface area contributed by atoms with Crippen molar-refractivity contribution in [2.24, 2.45) is 0 Å². The van der Waals surface area contributed by atoms with Crippen molar-refractivity contribution in [3.63, 3.8) is 0 Å². The fourth-order valence-corrected chi connectivity index (χ4v) is 1.29. The van der Waals surface area contributed by atoms with E-state index in [1.54, 1.807) is 6.07 Å². The van der Waals surface area contributed by atoms with Crippen LogP contribution in [0.1, 0.15) is 5.69 Å². The third kappa shape index (κ3) is 2.13. The Bertz CT molecular complexity index is 213. The van der Waals surface area contributed by atoms with Crippen LogP contribution in [0.4, 0.5) is 5.82 Å². The van der Waals surface area contributed by atoms with Gasteiger partial charge in [0.1, 0.15) is 5.82 Å². The molecule has 10 heavy (non-hydrogen) atoms. The molecule has 0 fully saturated rings. The van der Waals surface area contributed by atoms with E-state index in [9.17, 15) is 0 Å². The lowest BCUT2D eigenvalue weighted by Gasteiger charge is -1.96. The number of nitrogens with zero attached hydrogens (tertiary/aromatic N) is 1. The number of nitrogens with two attached hydrogens (primary N) is 1. The van der Waals surface area contributed by atoms with Gasteiger partial charge in [-0.2, -0.15) is 0 Å². The maximum Gasteiger partial charge on any atom is 0.123 e. The summed E-state index contributed by atoms with van der Waals surface area (Å²) in [6, 6.07) is 5.73. The summed E-state index contributed by atoms with van der Waals surface area (Å²) in [7, 11) is 0. The number of halogens is 1. The van der Waals surface area contributed by atoms with E-state index in [2.05, 4.69) is 27.6 Å². The summed E-state index contributed by atoms with van der Waals surface area (Å²) in [5, 5.41) is 0. The molecule has 0 spiro atoms. The second-order valence-electron chi connectivity index (χ2n) is 1.99. The molecule has 2 N–H and O–H groups in total. The maximum absolute atomic E-state index is 5.48. The van der Waals surface area contributed by atoms with Crippen LogP contribution in [0, 0.1) is 0 Å². The van der Waals surface area contributed by atoms with E-state index < -0.39 is 0 Å². The highest BCUT2D eigenvalue weighted by molar-refractivity contribution is 14.1. The Labute approximate surface area is 74.0 Å². The molecule has 0 aliphatic carbocycles. The third-order valence-electron chi connectivity index (χ3n) is 1.18. The number of alkyl halides is 1. The average Bonchev–Trinajstić information content (AvgIpc) is 1.88. The lowest BCUT2D eigenvalue weighted by Crippen LogP contribution is -1.95. The first-order valence-corrected chi connectivity index (χ1v) is 4.63. The first-order chi connectivity index (χ1) is 4.83. The second-order valence-corrected chi connectivity index (χ2v) is 3.07. The summed E-state index contributed by atoms with van der Waals surface area (Å²) in [4.78, 5) is 4.14. The molecule has 0 aromatic carbocycles. The summed E-state index contributed by atoms with van der Waals surface area (Å²) in [6.07, 6.45) is 1.01. The Morgan fingerprint density at radius 1 is 1.50 bits per heavy atom. The topological polar surface area (TPSA) is 38.9 Å². The molecule has 0 radical (unpaired) electrons. The smallest absolute Gasteiger partial charge is 0.123 e. The number of nitrogen functional groups attached to an aromatic ring is 1. The van der Waals surface area contributed by atoms with Gasteiger partial charge in [0.05, 0.1) is 0 Å². The molecule has 1 rings (SSSR count). The van der Waals surface area contributed by atoms with E-state index in [0.717, 1.165) is 16.5 Å². The molecule has 1 aromatic heterocycles. The van der Waals surface area contributed by atoms with Gasteiger partial charge in [-0.25, -0.2) is 4.98 Å². The van der Waals surface area contributed by atoms with Crippen LogP contribution in [0.15, 0.2) is 18.2 Å². The van der Waals surface area contributed by atoms with E-state index in [4.69, 9.17) is 5.73 Å². The van der Waals surface area contributed by atoms with Crippen molar-refractivity contribution in [2.75, 3.05) is 10.2 Å². The highest BCUT2D eigenvalue weighted by atomic mass is 127. The van der Waals surface area contributed by atoms with Crippen LogP contribution >= 0.6 is 22.6 Å². The standard InChI is InChI=1S/C7H9IN2/c8-5-4-6-2-1-3-7(9)10-6/h1-3H,4-5H2,(H2,9,10). The zero-order valence-corrected chi connectivity index (χ0v) is 7.71. The zero-order chi connectivity index (χ0) is 7.40. The van der Waals surface area contributed by atoms with Gasteiger partial charge in [-0.3, -0.25) is 0 Å². The summed E-state index contributed by atoms with van der Waals surface area (Å²) < 4.78 is 1.09. The maximum atomic E-state index is 5.48. The average molecular weight is 248 g/mol. The molecule has 0 aliphatic heterocycles. The van der Waals surface area contributed by atoms with Gasteiger partial charge >= 0.3 is 0 Å². The van der Waals surface area contributed by atoms with E-state index >= 15 is 0 Å². The van der Waals surface area contributed by atoms with Gasteiger partial charge in [0.2, 0.25) is 0 Å². The number of hydrogen-bond acceptors (Lipinski definition) is 2. The molecule has 0 atom stereocenters. The second kappa shape index (κ2) is 3.75. The number of anilines is 1. The zero-order valence-electron chi connectivity index (χ0n) is 5.55. The molecule has 1 aromatic rings. The predicted octanol–water partition coefficient (Wildman–Crippen LogP) is 1.64. The fraction of sp³-hybridized carbons (Fsp3) is 0.286.